The Morgan fingerprint density at radius 2 is 1.56 bits per heavy atom. The SMILES string of the molecule is Cc1c(-c2ccc(-c3c(C(=O)O)c4cccnc4n3COCC[Si](C)(C)C)nc2C(=O)OC(C)(C)C)cnn1CC12CC3(C)CC(C)(C1)CC(OCCN(C)C(=O)OC(C)(C)C)(C3)C2. The van der Waals surface area contributed by atoms with E-state index in [4.69, 9.17) is 29.0 Å². The standard InChI is InChI=1S/C49H70N6O8Si/c1-32-35(23-51-55(32)30-48-25-46(8)24-47(9,26-48)28-49(27-46,29-48)61-20-19-53(10)43(59)63-45(5,6)7)33-16-17-36(52-38(33)42(58)62-44(2,3)4)39-37(41(56)57)34-15-14-18-50-40(34)54(39)31-60-21-22-64(11,12)13/h14-18,23H,19-22,24-31H2,1-13H3,(H,56,57). The number of amides is 1. The van der Waals surface area contributed by atoms with Gasteiger partial charge >= 0.3 is 18.0 Å². The molecule has 0 saturated heterocycles. The number of esters is 1. The molecule has 8 rings (SSSR count). The summed E-state index contributed by atoms with van der Waals surface area (Å²) in [4.78, 5) is 51.2. The first-order valence-electron chi connectivity index (χ1n) is 22.8. The molecule has 64 heavy (non-hydrogen) atoms. The van der Waals surface area contributed by atoms with Crippen LogP contribution in [0.5, 0.6) is 0 Å². The highest BCUT2D eigenvalue weighted by Crippen LogP contribution is 2.72. The van der Waals surface area contributed by atoms with E-state index in [0.717, 1.165) is 55.8 Å². The predicted molar refractivity (Wildman–Crippen MR) is 249 cm³/mol. The summed E-state index contributed by atoms with van der Waals surface area (Å²) in [6.07, 6.45) is 9.20. The van der Waals surface area contributed by atoms with E-state index in [1.807, 2.05) is 54.5 Å². The van der Waals surface area contributed by atoms with Crippen molar-refractivity contribution in [3.8, 4) is 22.5 Å². The minimum Gasteiger partial charge on any atom is -0.478 e. The van der Waals surface area contributed by atoms with Gasteiger partial charge in [-0.15, -0.1) is 0 Å². The maximum atomic E-state index is 14.3. The molecule has 2 atom stereocenters. The Morgan fingerprint density at radius 1 is 0.891 bits per heavy atom. The zero-order valence-electron chi connectivity index (χ0n) is 40.4. The molecule has 348 valence electrons. The number of rotatable bonds is 15. The van der Waals surface area contributed by atoms with Crippen LogP contribution in [-0.4, -0.2) is 104 Å². The third-order valence-corrected chi connectivity index (χ3v) is 14.8. The van der Waals surface area contributed by atoms with Crippen molar-refractivity contribution >= 4 is 37.1 Å². The monoisotopic (exact) mass is 899 g/mol. The predicted octanol–water partition coefficient (Wildman–Crippen LogP) is 10.2. The summed E-state index contributed by atoms with van der Waals surface area (Å²) in [6.45, 7) is 26.9. The Hall–Kier alpha value is -4.60. The normalized spacial score (nSPS) is 24.3. The summed E-state index contributed by atoms with van der Waals surface area (Å²) in [5, 5.41) is 16.1. The van der Waals surface area contributed by atoms with Crippen molar-refractivity contribution < 1.29 is 38.4 Å². The number of aromatic carboxylic acids is 1. The molecule has 1 amide bonds. The summed E-state index contributed by atoms with van der Waals surface area (Å²) in [5.41, 5.74) is 1.73. The third kappa shape index (κ3) is 10.1. The van der Waals surface area contributed by atoms with Gasteiger partial charge in [0, 0.05) is 63.2 Å². The fourth-order valence-corrected chi connectivity index (χ4v) is 12.5. The van der Waals surface area contributed by atoms with Crippen molar-refractivity contribution in [3.63, 3.8) is 0 Å². The number of ether oxygens (including phenoxy) is 4. The molecule has 4 aromatic heterocycles. The number of hydrogen-bond acceptors (Lipinski definition) is 10. The number of likely N-dealkylation sites (N-methyl/N-ethyl adjacent to an activating group) is 1. The lowest BCUT2D eigenvalue weighted by molar-refractivity contribution is -0.248. The lowest BCUT2D eigenvalue weighted by atomic mass is 9.39. The van der Waals surface area contributed by atoms with Gasteiger partial charge in [0.15, 0.2) is 5.69 Å². The van der Waals surface area contributed by atoms with Gasteiger partial charge in [-0.3, -0.25) is 9.25 Å². The van der Waals surface area contributed by atoms with Crippen LogP contribution in [0.15, 0.2) is 36.7 Å². The summed E-state index contributed by atoms with van der Waals surface area (Å²) in [5.74, 6) is -1.76. The number of carboxylic acids is 1. The zero-order valence-corrected chi connectivity index (χ0v) is 41.4. The highest BCUT2D eigenvalue weighted by molar-refractivity contribution is 6.76. The molecule has 4 heterocycles. The molecule has 1 N–H and O–H groups in total. The second-order valence-electron chi connectivity index (χ2n) is 23.2. The third-order valence-electron chi connectivity index (χ3n) is 13.0. The molecule has 0 radical (unpaired) electrons. The van der Waals surface area contributed by atoms with Gasteiger partial charge in [-0.1, -0.05) is 33.5 Å². The van der Waals surface area contributed by atoms with Crippen LogP contribution >= 0.6 is 0 Å². The lowest BCUT2D eigenvalue weighted by Gasteiger charge is -2.69. The molecule has 4 aliphatic carbocycles. The van der Waals surface area contributed by atoms with Crippen molar-refractivity contribution in [3.05, 3.63) is 53.6 Å². The number of nitrogens with zero attached hydrogens (tertiary/aromatic N) is 6. The van der Waals surface area contributed by atoms with Crippen molar-refractivity contribution in [2.24, 2.45) is 16.2 Å². The molecule has 4 aliphatic rings. The van der Waals surface area contributed by atoms with Crippen LogP contribution in [0.25, 0.3) is 33.5 Å². The van der Waals surface area contributed by atoms with E-state index in [1.54, 1.807) is 47.1 Å². The Balaban J connectivity index is 1.22. The molecular formula is C49H70N6O8Si. The van der Waals surface area contributed by atoms with Gasteiger partial charge in [0.2, 0.25) is 0 Å². The molecule has 0 spiro atoms. The topological polar surface area (TPSA) is 160 Å². The number of aromatic nitrogens is 5. The number of carboxylic acid groups (broad SMARTS) is 1. The van der Waals surface area contributed by atoms with E-state index in [9.17, 15) is 19.5 Å². The minimum atomic E-state index is -1.40. The second kappa shape index (κ2) is 16.7. The highest BCUT2D eigenvalue weighted by Gasteiger charge is 2.66. The molecular weight excluding hydrogens is 829 g/mol. The zero-order chi connectivity index (χ0) is 46.8. The Labute approximate surface area is 379 Å². The second-order valence-corrected chi connectivity index (χ2v) is 28.8. The van der Waals surface area contributed by atoms with E-state index in [-0.39, 0.29) is 51.6 Å². The first kappa shape index (κ1) is 47.4. The molecule has 4 aromatic rings. The average Bonchev–Trinajstić information content (AvgIpc) is 3.66. The van der Waals surface area contributed by atoms with Gasteiger partial charge in [-0.25, -0.2) is 24.4 Å². The quantitative estimate of drug-likeness (QED) is 0.0687. The first-order chi connectivity index (χ1) is 29.6. The van der Waals surface area contributed by atoms with E-state index in [0.29, 0.717) is 48.6 Å². The van der Waals surface area contributed by atoms with Gasteiger partial charge in [0.25, 0.3) is 0 Å². The van der Waals surface area contributed by atoms with Gasteiger partial charge in [0.1, 0.15) is 23.6 Å². The molecule has 2 unspecified atom stereocenters. The fourth-order valence-electron chi connectivity index (χ4n) is 11.8. The van der Waals surface area contributed by atoms with Crippen LogP contribution in [0, 0.1) is 23.2 Å². The number of carbonyl (C=O) groups excluding carboxylic acids is 2. The van der Waals surface area contributed by atoms with Crippen LogP contribution in [0.4, 0.5) is 4.79 Å². The van der Waals surface area contributed by atoms with Crippen LogP contribution < -0.4 is 0 Å². The summed E-state index contributed by atoms with van der Waals surface area (Å²) < 4.78 is 28.5. The van der Waals surface area contributed by atoms with Crippen LogP contribution in [0.2, 0.25) is 25.7 Å². The number of carbonyl (C=O) groups is 3. The fraction of sp³-hybridized carbons (Fsp3) is 0.633. The molecule has 15 heteroatoms. The summed E-state index contributed by atoms with van der Waals surface area (Å²) in [6, 6.07) is 7.98. The van der Waals surface area contributed by atoms with E-state index >= 15 is 0 Å². The van der Waals surface area contributed by atoms with Crippen LogP contribution in [-0.2, 0) is 32.2 Å². The van der Waals surface area contributed by atoms with E-state index in [1.165, 1.54) is 0 Å². The Kier molecular flexibility index (Phi) is 12.3. The summed E-state index contributed by atoms with van der Waals surface area (Å²) in [7, 11) is 0.353. The van der Waals surface area contributed by atoms with Crippen molar-refractivity contribution in [2.75, 3.05) is 26.8 Å². The van der Waals surface area contributed by atoms with Gasteiger partial charge < -0.3 is 29.0 Å². The summed E-state index contributed by atoms with van der Waals surface area (Å²) >= 11 is 0. The van der Waals surface area contributed by atoms with Gasteiger partial charge in [-0.2, -0.15) is 5.10 Å². The number of fused-ring (bicyclic) bond motifs is 1. The van der Waals surface area contributed by atoms with Crippen LogP contribution in [0.1, 0.15) is 120 Å². The number of pyridine rings is 2. The smallest absolute Gasteiger partial charge is 0.410 e. The van der Waals surface area contributed by atoms with Crippen molar-refractivity contribution in [1.29, 1.82) is 0 Å². The van der Waals surface area contributed by atoms with Crippen molar-refractivity contribution in [2.45, 2.75) is 157 Å². The Bertz CT molecular complexity index is 2420. The van der Waals surface area contributed by atoms with E-state index < -0.39 is 31.2 Å². The van der Waals surface area contributed by atoms with E-state index in [2.05, 4.69) is 43.2 Å². The molecule has 4 saturated carbocycles. The van der Waals surface area contributed by atoms with Gasteiger partial charge in [0.05, 0.1) is 35.4 Å². The Morgan fingerprint density at radius 3 is 2.19 bits per heavy atom. The largest absolute Gasteiger partial charge is 0.478 e. The molecule has 4 bridgehead atoms. The molecule has 0 aromatic carbocycles. The average molecular weight is 899 g/mol. The first-order valence-corrected chi connectivity index (χ1v) is 26.5. The maximum Gasteiger partial charge on any atom is 0.410 e. The minimum absolute atomic E-state index is 0.0334. The molecule has 4 fully saturated rings. The lowest BCUT2D eigenvalue weighted by Crippen LogP contribution is -2.64. The van der Waals surface area contributed by atoms with Gasteiger partial charge in [-0.05, 0) is 134 Å². The number of hydrogen-bond donors (Lipinski definition) is 1. The van der Waals surface area contributed by atoms with Crippen LogP contribution in [0.3, 0.4) is 0 Å². The highest BCUT2D eigenvalue weighted by atomic mass is 28.3. The molecule has 14 nitrogen and oxygen atoms in total. The van der Waals surface area contributed by atoms with Crippen molar-refractivity contribution in [1.82, 2.24) is 29.2 Å². The molecule has 0 aliphatic heterocycles. The maximum absolute atomic E-state index is 14.3.